The van der Waals surface area contributed by atoms with Crippen LogP contribution in [0.2, 0.25) is 0 Å². The first-order valence-electron chi connectivity index (χ1n) is 7.81. The molecule has 0 aliphatic heterocycles. The number of nitrogens with one attached hydrogen (secondary N) is 1. The Balaban J connectivity index is 1.81. The summed E-state index contributed by atoms with van der Waals surface area (Å²) in [5.41, 5.74) is 10.8. The number of allylic oxidation sites excluding steroid dienone is 3. The van der Waals surface area contributed by atoms with Gasteiger partial charge in [0.25, 0.3) is 0 Å². The van der Waals surface area contributed by atoms with Gasteiger partial charge in [-0.3, -0.25) is 4.98 Å². The Morgan fingerprint density at radius 2 is 2.12 bits per heavy atom. The van der Waals surface area contributed by atoms with Gasteiger partial charge in [-0.05, 0) is 48.4 Å². The van der Waals surface area contributed by atoms with Crippen molar-refractivity contribution in [2.75, 3.05) is 11.1 Å². The molecule has 24 heavy (non-hydrogen) atoms. The van der Waals surface area contributed by atoms with Crippen molar-refractivity contribution in [1.29, 1.82) is 0 Å². The summed E-state index contributed by atoms with van der Waals surface area (Å²) in [5, 5.41) is 4.44. The zero-order valence-electron chi connectivity index (χ0n) is 13.7. The molecule has 0 saturated carbocycles. The van der Waals surface area contributed by atoms with Gasteiger partial charge in [0.15, 0.2) is 0 Å². The molecule has 4 nitrogen and oxygen atoms in total. The normalized spacial score (nSPS) is 11.5. The van der Waals surface area contributed by atoms with Gasteiger partial charge < -0.3 is 11.1 Å². The zero-order chi connectivity index (χ0) is 16.9. The van der Waals surface area contributed by atoms with Crippen molar-refractivity contribution in [3.8, 4) is 0 Å². The number of nitrogens with zero attached hydrogens (tertiary/aromatic N) is 2. The van der Waals surface area contributed by atoms with Crippen LogP contribution in [0, 0.1) is 0 Å². The maximum atomic E-state index is 6.04. The molecule has 0 bridgehead atoms. The molecule has 0 atom stereocenters. The molecule has 1 aromatic carbocycles. The smallest absolute Gasteiger partial charge is 0.150 e. The van der Waals surface area contributed by atoms with Crippen LogP contribution >= 0.6 is 0 Å². The molecule has 0 aliphatic carbocycles. The number of rotatable bonds is 5. The van der Waals surface area contributed by atoms with Gasteiger partial charge in [0, 0.05) is 18.1 Å². The number of hydrogen-bond donors (Lipinski definition) is 2. The third kappa shape index (κ3) is 3.43. The molecule has 3 N–H and O–H groups in total. The van der Waals surface area contributed by atoms with Crippen LogP contribution in [0.1, 0.15) is 18.2 Å². The summed E-state index contributed by atoms with van der Waals surface area (Å²) in [6.07, 6.45) is 5.48. The van der Waals surface area contributed by atoms with Gasteiger partial charge in [-0.1, -0.05) is 30.9 Å². The average molecular weight is 316 g/mol. The number of pyridine rings is 2. The van der Waals surface area contributed by atoms with E-state index in [0.717, 1.165) is 27.7 Å². The third-order valence-electron chi connectivity index (χ3n) is 3.83. The van der Waals surface area contributed by atoms with Crippen molar-refractivity contribution in [3.05, 3.63) is 78.6 Å². The molecule has 0 aliphatic rings. The molecule has 0 radical (unpaired) electrons. The third-order valence-corrected chi connectivity index (χ3v) is 3.83. The van der Waals surface area contributed by atoms with E-state index in [1.165, 1.54) is 0 Å². The standard InChI is InChI=1S/C20H20N4/c1-3-5-14(2)18-10-8-17(21)20(24-18)23-13-15-7-9-19-16(12-15)6-4-11-22-19/h3-12H,1,13,21H2,2H3,(H,23,24)/b14-5+. The average Bonchev–Trinajstić information content (AvgIpc) is 2.61. The maximum absolute atomic E-state index is 6.04. The van der Waals surface area contributed by atoms with Crippen molar-refractivity contribution in [3.63, 3.8) is 0 Å². The SMILES string of the molecule is C=C/C=C(\C)c1ccc(N)c(NCc2ccc3ncccc3c2)n1. The van der Waals surface area contributed by atoms with Crippen LogP contribution in [0.25, 0.3) is 16.5 Å². The fraction of sp³-hybridized carbons (Fsp3) is 0.100. The summed E-state index contributed by atoms with van der Waals surface area (Å²) in [4.78, 5) is 8.94. The van der Waals surface area contributed by atoms with Crippen molar-refractivity contribution < 1.29 is 0 Å². The Morgan fingerprint density at radius 1 is 1.25 bits per heavy atom. The second-order valence-corrected chi connectivity index (χ2v) is 5.60. The second kappa shape index (κ2) is 6.96. The molecule has 120 valence electrons. The van der Waals surface area contributed by atoms with Crippen LogP contribution in [0.5, 0.6) is 0 Å². The summed E-state index contributed by atoms with van der Waals surface area (Å²) in [5.74, 6) is 0.690. The fourth-order valence-electron chi connectivity index (χ4n) is 2.51. The van der Waals surface area contributed by atoms with Crippen molar-refractivity contribution >= 4 is 28.0 Å². The topological polar surface area (TPSA) is 63.8 Å². The number of nitrogen functional groups attached to an aromatic ring is 1. The number of aromatic nitrogens is 2. The van der Waals surface area contributed by atoms with Gasteiger partial charge >= 0.3 is 0 Å². The van der Waals surface area contributed by atoms with E-state index in [-0.39, 0.29) is 0 Å². The van der Waals surface area contributed by atoms with Crippen molar-refractivity contribution in [2.24, 2.45) is 0 Å². The number of fused-ring (bicyclic) bond motifs is 1. The Bertz CT molecular complexity index is 912. The van der Waals surface area contributed by atoms with Crippen LogP contribution in [0.4, 0.5) is 11.5 Å². The van der Waals surface area contributed by atoms with Gasteiger partial charge in [0.1, 0.15) is 5.82 Å². The molecular weight excluding hydrogens is 296 g/mol. The molecule has 0 spiro atoms. The van der Waals surface area contributed by atoms with Gasteiger partial charge in [-0.2, -0.15) is 0 Å². The lowest BCUT2D eigenvalue weighted by molar-refractivity contribution is 1.11. The largest absolute Gasteiger partial charge is 0.396 e. The van der Waals surface area contributed by atoms with Gasteiger partial charge in [0.2, 0.25) is 0 Å². The van der Waals surface area contributed by atoms with Crippen molar-refractivity contribution in [2.45, 2.75) is 13.5 Å². The van der Waals surface area contributed by atoms with E-state index in [1.54, 1.807) is 12.3 Å². The molecule has 3 aromatic rings. The highest BCUT2D eigenvalue weighted by atomic mass is 15.0. The fourth-order valence-corrected chi connectivity index (χ4v) is 2.51. The molecule has 2 aromatic heterocycles. The van der Waals surface area contributed by atoms with E-state index in [1.807, 2.05) is 37.3 Å². The van der Waals surface area contributed by atoms with Crippen LogP contribution in [0.15, 0.2) is 67.4 Å². The van der Waals surface area contributed by atoms with E-state index in [2.05, 4.69) is 40.1 Å². The van der Waals surface area contributed by atoms with Gasteiger partial charge in [-0.15, -0.1) is 0 Å². The Hall–Kier alpha value is -3.14. The highest BCUT2D eigenvalue weighted by Gasteiger charge is 2.05. The van der Waals surface area contributed by atoms with Crippen LogP contribution in [-0.4, -0.2) is 9.97 Å². The number of anilines is 2. The maximum Gasteiger partial charge on any atom is 0.150 e. The number of benzene rings is 1. The molecule has 4 heteroatoms. The minimum Gasteiger partial charge on any atom is -0.396 e. The summed E-state index contributed by atoms with van der Waals surface area (Å²) >= 11 is 0. The highest BCUT2D eigenvalue weighted by molar-refractivity contribution is 5.79. The molecule has 3 rings (SSSR count). The molecule has 0 fully saturated rings. The predicted molar refractivity (Wildman–Crippen MR) is 102 cm³/mol. The first kappa shape index (κ1) is 15.7. The minimum atomic E-state index is 0.632. The van der Waals surface area contributed by atoms with E-state index in [4.69, 9.17) is 5.73 Å². The summed E-state index contributed by atoms with van der Waals surface area (Å²) in [6, 6.07) is 14.0. The van der Waals surface area contributed by atoms with E-state index in [0.29, 0.717) is 18.1 Å². The quantitative estimate of drug-likeness (QED) is 0.684. The summed E-state index contributed by atoms with van der Waals surface area (Å²) in [7, 11) is 0. The van der Waals surface area contributed by atoms with Gasteiger partial charge in [-0.25, -0.2) is 4.98 Å². The van der Waals surface area contributed by atoms with E-state index >= 15 is 0 Å². The summed E-state index contributed by atoms with van der Waals surface area (Å²) < 4.78 is 0. The minimum absolute atomic E-state index is 0.632. The first-order chi connectivity index (χ1) is 11.7. The molecule has 0 amide bonds. The zero-order valence-corrected chi connectivity index (χ0v) is 13.7. The number of hydrogen-bond acceptors (Lipinski definition) is 4. The number of nitrogens with two attached hydrogens (primary N) is 1. The van der Waals surface area contributed by atoms with Crippen LogP contribution < -0.4 is 11.1 Å². The predicted octanol–water partition coefficient (Wildman–Crippen LogP) is 4.41. The Morgan fingerprint density at radius 3 is 2.96 bits per heavy atom. The lowest BCUT2D eigenvalue weighted by atomic mass is 10.1. The monoisotopic (exact) mass is 316 g/mol. The summed E-state index contributed by atoms with van der Waals surface area (Å²) in [6.45, 7) is 6.37. The Kier molecular flexibility index (Phi) is 4.57. The lowest BCUT2D eigenvalue weighted by Crippen LogP contribution is -2.06. The molecule has 0 saturated heterocycles. The highest BCUT2D eigenvalue weighted by Crippen LogP contribution is 2.21. The Labute approximate surface area is 141 Å². The molecule has 2 heterocycles. The lowest BCUT2D eigenvalue weighted by Gasteiger charge is -2.11. The molecular formula is C20H20N4. The van der Waals surface area contributed by atoms with E-state index in [9.17, 15) is 0 Å². The van der Waals surface area contributed by atoms with Crippen LogP contribution in [-0.2, 0) is 6.54 Å². The molecule has 0 unspecified atom stereocenters. The van der Waals surface area contributed by atoms with Crippen LogP contribution in [0.3, 0.4) is 0 Å². The first-order valence-corrected chi connectivity index (χ1v) is 7.81. The second-order valence-electron chi connectivity index (χ2n) is 5.60. The van der Waals surface area contributed by atoms with Gasteiger partial charge in [0.05, 0.1) is 16.9 Å². The van der Waals surface area contributed by atoms with E-state index < -0.39 is 0 Å². The van der Waals surface area contributed by atoms with Crippen molar-refractivity contribution in [1.82, 2.24) is 9.97 Å².